The molecule has 0 unspecified atom stereocenters. The van der Waals surface area contributed by atoms with Crippen molar-refractivity contribution in [2.75, 3.05) is 31.1 Å². The third kappa shape index (κ3) is 2.55. The molecule has 1 amide bonds. The molecule has 0 bridgehead atoms. The minimum Gasteiger partial charge on any atom is -0.478 e. The smallest absolute Gasteiger partial charge is 0.338 e. The number of aromatic nitrogens is 2. The van der Waals surface area contributed by atoms with Gasteiger partial charge >= 0.3 is 5.97 Å². The summed E-state index contributed by atoms with van der Waals surface area (Å²) in [6, 6.07) is 0. The van der Waals surface area contributed by atoms with Crippen molar-refractivity contribution < 1.29 is 14.7 Å². The molecule has 1 aromatic rings. The van der Waals surface area contributed by atoms with E-state index in [0.29, 0.717) is 32.1 Å². The molecule has 96 valence electrons. The van der Waals surface area contributed by atoms with Crippen LogP contribution in [0.25, 0.3) is 0 Å². The van der Waals surface area contributed by atoms with Crippen LogP contribution in [-0.2, 0) is 4.79 Å². The number of carbonyl (C=O) groups is 2. The highest BCUT2D eigenvalue weighted by atomic mass is 16.4. The summed E-state index contributed by atoms with van der Waals surface area (Å²) < 4.78 is 0. The second kappa shape index (κ2) is 4.99. The fraction of sp³-hybridized carbons (Fsp3) is 0.455. The number of nitrogens with zero attached hydrogens (tertiary/aromatic N) is 4. The van der Waals surface area contributed by atoms with Crippen LogP contribution in [-0.4, -0.2) is 58.0 Å². The number of carboxylic acids is 1. The molecule has 2 heterocycles. The normalized spacial score (nSPS) is 15.6. The lowest BCUT2D eigenvalue weighted by molar-refractivity contribution is -0.129. The van der Waals surface area contributed by atoms with Crippen molar-refractivity contribution in [3.8, 4) is 0 Å². The van der Waals surface area contributed by atoms with Crippen LogP contribution in [0.4, 0.5) is 5.95 Å². The summed E-state index contributed by atoms with van der Waals surface area (Å²) in [5, 5.41) is 8.74. The second-order valence-electron chi connectivity index (χ2n) is 4.07. The summed E-state index contributed by atoms with van der Waals surface area (Å²) in [7, 11) is 0. The Morgan fingerprint density at radius 3 is 2.17 bits per heavy atom. The summed E-state index contributed by atoms with van der Waals surface area (Å²) in [5.74, 6) is -0.469. The molecule has 7 heteroatoms. The fourth-order valence-corrected chi connectivity index (χ4v) is 1.82. The molecular weight excluding hydrogens is 236 g/mol. The summed E-state index contributed by atoms with van der Waals surface area (Å²) >= 11 is 0. The lowest BCUT2D eigenvalue weighted by Gasteiger charge is -2.34. The summed E-state index contributed by atoms with van der Waals surface area (Å²) in [6.45, 7) is 4.14. The van der Waals surface area contributed by atoms with Gasteiger partial charge in [-0.2, -0.15) is 0 Å². The number of piperazine rings is 1. The van der Waals surface area contributed by atoms with E-state index in [1.165, 1.54) is 12.4 Å². The lowest BCUT2D eigenvalue weighted by atomic mass is 10.3. The first-order chi connectivity index (χ1) is 8.58. The Balaban J connectivity index is 2.01. The van der Waals surface area contributed by atoms with Crippen molar-refractivity contribution in [1.82, 2.24) is 14.9 Å². The van der Waals surface area contributed by atoms with E-state index in [1.807, 2.05) is 4.90 Å². The SMILES string of the molecule is CC(=O)N1CCN(c2ncc(C(=O)O)cn2)CC1. The summed E-state index contributed by atoms with van der Waals surface area (Å²) in [5.41, 5.74) is 0.0705. The molecule has 0 saturated carbocycles. The highest BCUT2D eigenvalue weighted by molar-refractivity contribution is 5.86. The van der Waals surface area contributed by atoms with Gasteiger partial charge in [0.15, 0.2) is 0 Å². The number of carbonyl (C=O) groups excluding carboxylic acids is 1. The molecule has 2 rings (SSSR count). The topological polar surface area (TPSA) is 86.6 Å². The number of hydrogen-bond acceptors (Lipinski definition) is 5. The Morgan fingerprint density at radius 2 is 1.72 bits per heavy atom. The quantitative estimate of drug-likeness (QED) is 0.785. The maximum absolute atomic E-state index is 11.2. The van der Waals surface area contributed by atoms with Gasteiger partial charge in [-0.1, -0.05) is 0 Å². The number of amides is 1. The van der Waals surface area contributed by atoms with Crippen LogP contribution in [0.15, 0.2) is 12.4 Å². The predicted octanol–water partition coefficient (Wildman–Crippen LogP) is -0.157. The molecule has 0 aromatic carbocycles. The highest BCUT2D eigenvalue weighted by Crippen LogP contribution is 2.10. The van der Waals surface area contributed by atoms with Gasteiger partial charge in [0.2, 0.25) is 11.9 Å². The van der Waals surface area contributed by atoms with E-state index in [0.717, 1.165) is 0 Å². The summed E-state index contributed by atoms with van der Waals surface area (Å²) in [6.07, 6.45) is 2.59. The minimum atomic E-state index is -1.04. The standard InChI is InChI=1S/C11H14N4O3/c1-8(16)14-2-4-15(5-3-14)11-12-6-9(7-13-11)10(17)18/h6-7H,2-5H2,1H3,(H,17,18). The van der Waals surface area contributed by atoms with Gasteiger partial charge in [0.1, 0.15) is 0 Å². The van der Waals surface area contributed by atoms with Gasteiger partial charge in [0.25, 0.3) is 0 Å². The van der Waals surface area contributed by atoms with Crippen molar-refractivity contribution in [2.45, 2.75) is 6.92 Å². The molecule has 1 aliphatic heterocycles. The Labute approximate surface area is 104 Å². The second-order valence-corrected chi connectivity index (χ2v) is 4.07. The zero-order valence-corrected chi connectivity index (χ0v) is 10.0. The molecule has 1 fully saturated rings. The van der Waals surface area contributed by atoms with E-state index in [1.54, 1.807) is 11.8 Å². The van der Waals surface area contributed by atoms with E-state index < -0.39 is 5.97 Å². The molecule has 1 N–H and O–H groups in total. The van der Waals surface area contributed by atoms with Gasteiger partial charge in [0.05, 0.1) is 5.56 Å². The highest BCUT2D eigenvalue weighted by Gasteiger charge is 2.20. The third-order valence-electron chi connectivity index (χ3n) is 2.89. The number of hydrogen-bond donors (Lipinski definition) is 1. The number of carboxylic acid groups (broad SMARTS) is 1. The zero-order chi connectivity index (χ0) is 13.1. The first-order valence-corrected chi connectivity index (χ1v) is 5.63. The number of anilines is 1. The monoisotopic (exact) mass is 250 g/mol. The Hall–Kier alpha value is -2.18. The van der Waals surface area contributed by atoms with E-state index in [-0.39, 0.29) is 11.5 Å². The molecule has 0 aliphatic carbocycles. The minimum absolute atomic E-state index is 0.0665. The van der Waals surface area contributed by atoms with Gasteiger partial charge in [-0.15, -0.1) is 0 Å². The third-order valence-corrected chi connectivity index (χ3v) is 2.89. The first-order valence-electron chi connectivity index (χ1n) is 5.63. The zero-order valence-electron chi connectivity index (χ0n) is 10.0. The van der Waals surface area contributed by atoms with Crippen LogP contribution < -0.4 is 4.90 Å². The largest absolute Gasteiger partial charge is 0.478 e. The molecule has 1 aromatic heterocycles. The molecule has 1 saturated heterocycles. The molecule has 0 atom stereocenters. The van der Waals surface area contributed by atoms with Gasteiger partial charge < -0.3 is 14.9 Å². The van der Waals surface area contributed by atoms with Crippen molar-refractivity contribution >= 4 is 17.8 Å². The van der Waals surface area contributed by atoms with E-state index in [2.05, 4.69) is 9.97 Å². The Morgan fingerprint density at radius 1 is 1.17 bits per heavy atom. The molecule has 0 spiro atoms. The Kier molecular flexibility index (Phi) is 3.40. The van der Waals surface area contributed by atoms with Crippen LogP contribution in [0.1, 0.15) is 17.3 Å². The van der Waals surface area contributed by atoms with Crippen LogP contribution >= 0.6 is 0 Å². The van der Waals surface area contributed by atoms with Crippen molar-refractivity contribution in [2.24, 2.45) is 0 Å². The van der Waals surface area contributed by atoms with Crippen molar-refractivity contribution in [1.29, 1.82) is 0 Å². The average molecular weight is 250 g/mol. The molecule has 7 nitrogen and oxygen atoms in total. The van der Waals surface area contributed by atoms with E-state index >= 15 is 0 Å². The molecule has 1 aliphatic rings. The Bertz CT molecular complexity index is 452. The molecule has 18 heavy (non-hydrogen) atoms. The van der Waals surface area contributed by atoms with E-state index in [4.69, 9.17) is 5.11 Å². The number of rotatable bonds is 2. The van der Waals surface area contributed by atoms with Crippen molar-refractivity contribution in [3.63, 3.8) is 0 Å². The maximum atomic E-state index is 11.2. The van der Waals surface area contributed by atoms with Crippen molar-refractivity contribution in [3.05, 3.63) is 18.0 Å². The lowest BCUT2D eigenvalue weighted by Crippen LogP contribution is -2.48. The van der Waals surface area contributed by atoms with Gasteiger partial charge in [0, 0.05) is 45.5 Å². The van der Waals surface area contributed by atoms with Crippen LogP contribution in [0.3, 0.4) is 0 Å². The number of aromatic carboxylic acids is 1. The first kappa shape index (κ1) is 12.3. The van der Waals surface area contributed by atoms with Gasteiger partial charge in [-0.25, -0.2) is 14.8 Å². The fourth-order valence-electron chi connectivity index (χ4n) is 1.82. The van der Waals surface area contributed by atoms with Crippen LogP contribution in [0.2, 0.25) is 0 Å². The summed E-state index contributed by atoms with van der Waals surface area (Å²) in [4.78, 5) is 33.6. The van der Waals surface area contributed by atoms with E-state index in [9.17, 15) is 9.59 Å². The predicted molar refractivity (Wildman–Crippen MR) is 63.5 cm³/mol. The van der Waals surface area contributed by atoms with Crippen LogP contribution in [0, 0.1) is 0 Å². The van der Waals surface area contributed by atoms with Gasteiger partial charge in [-0.05, 0) is 0 Å². The van der Waals surface area contributed by atoms with Crippen LogP contribution in [0.5, 0.6) is 0 Å². The average Bonchev–Trinajstić information content (AvgIpc) is 2.39. The molecular formula is C11H14N4O3. The van der Waals surface area contributed by atoms with Gasteiger partial charge in [-0.3, -0.25) is 4.79 Å². The molecule has 0 radical (unpaired) electrons. The maximum Gasteiger partial charge on any atom is 0.338 e.